The zero-order valence-electron chi connectivity index (χ0n) is 6.01. The lowest BCUT2D eigenvalue weighted by Gasteiger charge is -2.01. The van der Waals surface area contributed by atoms with E-state index in [4.69, 9.17) is 11.6 Å². The molecule has 0 N–H and O–H groups in total. The van der Waals surface area contributed by atoms with Crippen molar-refractivity contribution < 1.29 is 0 Å². The fourth-order valence-corrected chi connectivity index (χ4v) is 1.84. The molecule has 0 aliphatic heterocycles. The highest BCUT2D eigenvalue weighted by molar-refractivity contribution is 7.09. The third kappa shape index (κ3) is 2.31. The molecule has 0 radical (unpaired) electrons. The van der Waals surface area contributed by atoms with Crippen LogP contribution in [0.5, 0.6) is 0 Å². The van der Waals surface area contributed by atoms with Crippen LogP contribution in [0.15, 0.2) is 17.5 Å². The van der Waals surface area contributed by atoms with Gasteiger partial charge in [-0.15, -0.1) is 22.9 Å². The molecule has 1 unspecified atom stereocenters. The van der Waals surface area contributed by atoms with Crippen LogP contribution >= 0.6 is 22.9 Å². The standard InChI is InChI=1S/C8H11ClS/c1-2-7(9)6-8-4-3-5-10-8/h3-5,7H,2,6H2,1H3. The van der Waals surface area contributed by atoms with Gasteiger partial charge in [0.1, 0.15) is 0 Å². The summed E-state index contributed by atoms with van der Waals surface area (Å²) in [5, 5.41) is 2.41. The minimum atomic E-state index is 0.318. The third-order valence-corrected chi connectivity index (χ3v) is 2.81. The van der Waals surface area contributed by atoms with Gasteiger partial charge < -0.3 is 0 Å². The second-order valence-electron chi connectivity index (χ2n) is 2.29. The van der Waals surface area contributed by atoms with Crippen molar-refractivity contribution in [1.82, 2.24) is 0 Å². The van der Waals surface area contributed by atoms with Gasteiger partial charge in [0.05, 0.1) is 0 Å². The maximum atomic E-state index is 5.96. The van der Waals surface area contributed by atoms with E-state index in [1.165, 1.54) is 4.88 Å². The Balaban J connectivity index is 2.40. The summed E-state index contributed by atoms with van der Waals surface area (Å²) in [7, 11) is 0. The van der Waals surface area contributed by atoms with Gasteiger partial charge in [0.2, 0.25) is 0 Å². The lowest BCUT2D eigenvalue weighted by atomic mass is 10.2. The Morgan fingerprint density at radius 1 is 1.70 bits per heavy atom. The average molecular weight is 175 g/mol. The Morgan fingerprint density at radius 3 is 3.00 bits per heavy atom. The predicted molar refractivity (Wildman–Crippen MR) is 48.0 cm³/mol. The number of halogens is 1. The minimum absolute atomic E-state index is 0.318. The molecule has 0 saturated carbocycles. The molecule has 0 spiro atoms. The van der Waals surface area contributed by atoms with Crippen LogP contribution < -0.4 is 0 Å². The molecule has 1 aromatic heterocycles. The first kappa shape index (κ1) is 8.09. The molecule has 0 bridgehead atoms. The summed E-state index contributed by atoms with van der Waals surface area (Å²) in [6.07, 6.45) is 2.08. The van der Waals surface area contributed by atoms with E-state index < -0.39 is 0 Å². The predicted octanol–water partition coefficient (Wildman–Crippen LogP) is 3.31. The average Bonchev–Trinajstić information content (AvgIpc) is 2.40. The Bertz CT molecular complexity index is 169. The summed E-state index contributed by atoms with van der Waals surface area (Å²) in [4.78, 5) is 1.39. The second-order valence-corrected chi connectivity index (χ2v) is 3.94. The van der Waals surface area contributed by atoms with E-state index in [1.54, 1.807) is 11.3 Å². The van der Waals surface area contributed by atoms with Crippen molar-refractivity contribution in [3.63, 3.8) is 0 Å². The summed E-state index contributed by atoms with van der Waals surface area (Å²) >= 11 is 7.75. The molecule has 0 saturated heterocycles. The maximum absolute atomic E-state index is 5.96. The van der Waals surface area contributed by atoms with Crippen molar-refractivity contribution in [2.75, 3.05) is 0 Å². The van der Waals surface area contributed by atoms with E-state index in [9.17, 15) is 0 Å². The van der Waals surface area contributed by atoms with Crippen molar-refractivity contribution in [1.29, 1.82) is 0 Å². The van der Waals surface area contributed by atoms with E-state index >= 15 is 0 Å². The molecule has 0 aliphatic rings. The molecule has 0 aromatic carbocycles. The van der Waals surface area contributed by atoms with Crippen molar-refractivity contribution in [2.45, 2.75) is 25.1 Å². The van der Waals surface area contributed by atoms with Gasteiger partial charge in [0.25, 0.3) is 0 Å². The van der Waals surface area contributed by atoms with Crippen LogP contribution in [-0.2, 0) is 6.42 Å². The normalized spacial score (nSPS) is 13.4. The SMILES string of the molecule is CCC(Cl)Cc1cccs1. The Hall–Kier alpha value is -0.0100. The van der Waals surface area contributed by atoms with E-state index in [1.807, 2.05) is 0 Å². The first-order valence-electron chi connectivity index (χ1n) is 3.49. The van der Waals surface area contributed by atoms with E-state index in [2.05, 4.69) is 24.4 Å². The molecular formula is C8H11ClS. The second kappa shape index (κ2) is 3.99. The smallest absolute Gasteiger partial charge is 0.0381 e. The van der Waals surface area contributed by atoms with Gasteiger partial charge in [-0.1, -0.05) is 13.0 Å². The Labute approximate surface area is 70.8 Å². The number of rotatable bonds is 3. The van der Waals surface area contributed by atoms with Gasteiger partial charge in [-0.05, 0) is 24.3 Å². The molecule has 1 rings (SSSR count). The topological polar surface area (TPSA) is 0 Å². The molecule has 0 nitrogen and oxygen atoms in total. The van der Waals surface area contributed by atoms with Crippen LogP contribution in [0.4, 0.5) is 0 Å². The largest absolute Gasteiger partial charge is 0.149 e. The van der Waals surface area contributed by atoms with Crippen LogP contribution in [0.3, 0.4) is 0 Å². The van der Waals surface area contributed by atoms with Crippen molar-refractivity contribution in [3.05, 3.63) is 22.4 Å². The van der Waals surface area contributed by atoms with Gasteiger partial charge >= 0.3 is 0 Å². The highest BCUT2D eigenvalue weighted by Crippen LogP contribution is 2.15. The molecule has 1 aromatic rings. The Morgan fingerprint density at radius 2 is 2.50 bits per heavy atom. The van der Waals surface area contributed by atoms with Gasteiger partial charge in [0.15, 0.2) is 0 Å². The van der Waals surface area contributed by atoms with E-state index in [-0.39, 0.29) is 0 Å². The number of hydrogen-bond donors (Lipinski definition) is 0. The molecule has 0 fully saturated rings. The Kier molecular flexibility index (Phi) is 3.23. The molecule has 2 heteroatoms. The summed E-state index contributed by atoms with van der Waals surface area (Å²) < 4.78 is 0. The first-order valence-corrected chi connectivity index (χ1v) is 4.81. The lowest BCUT2D eigenvalue weighted by Crippen LogP contribution is -1.98. The number of thiophene rings is 1. The maximum Gasteiger partial charge on any atom is 0.0381 e. The van der Waals surface area contributed by atoms with Crippen LogP contribution in [0, 0.1) is 0 Å². The third-order valence-electron chi connectivity index (χ3n) is 1.45. The fraction of sp³-hybridized carbons (Fsp3) is 0.500. The molecule has 1 atom stereocenters. The molecule has 1 heterocycles. The summed E-state index contributed by atoms with van der Waals surface area (Å²) in [6.45, 7) is 2.12. The van der Waals surface area contributed by atoms with Crippen LogP contribution in [0.25, 0.3) is 0 Å². The van der Waals surface area contributed by atoms with Gasteiger partial charge in [-0.25, -0.2) is 0 Å². The van der Waals surface area contributed by atoms with Crippen molar-refractivity contribution in [2.24, 2.45) is 0 Å². The summed E-state index contributed by atoms with van der Waals surface area (Å²) in [5.74, 6) is 0. The zero-order chi connectivity index (χ0) is 7.40. The van der Waals surface area contributed by atoms with Gasteiger partial charge in [0, 0.05) is 10.3 Å². The van der Waals surface area contributed by atoms with Crippen LogP contribution in [0.1, 0.15) is 18.2 Å². The highest BCUT2D eigenvalue weighted by Gasteiger charge is 2.02. The van der Waals surface area contributed by atoms with Crippen LogP contribution in [0.2, 0.25) is 0 Å². The zero-order valence-corrected chi connectivity index (χ0v) is 7.58. The molecule has 56 valence electrons. The highest BCUT2D eigenvalue weighted by atomic mass is 35.5. The van der Waals surface area contributed by atoms with Crippen LogP contribution in [-0.4, -0.2) is 5.38 Å². The molecular weight excluding hydrogens is 164 g/mol. The quantitative estimate of drug-likeness (QED) is 0.617. The number of alkyl halides is 1. The van der Waals surface area contributed by atoms with Crippen molar-refractivity contribution in [3.8, 4) is 0 Å². The molecule has 10 heavy (non-hydrogen) atoms. The monoisotopic (exact) mass is 174 g/mol. The van der Waals surface area contributed by atoms with E-state index in [0.717, 1.165) is 12.8 Å². The summed E-state index contributed by atoms with van der Waals surface area (Å²) in [6, 6.07) is 4.20. The number of hydrogen-bond acceptors (Lipinski definition) is 1. The summed E-state index contributed by atoms with van der Waals surface area (Å²) in [5.41, 5.74) is 0. The van der Waals surface area contributed by atoms with E-state index in [0.29, 0.717) is 5.38 Å². The molecule has 0 aliphatic carbocycles. The van der Waals surface area contributed by atoms with Gasteiger partial charge in [-0.2, -0.15) is 0 Å². The molecule has 0 amide bonds. The van der Waals surface area contributed by atoms with Crippen molar-refractivity contribution >= 4 is 22.9 Å². The minimum Gasteiger partial charge on any atom is -0.149 e. The van der Waals surface area contributed by atoms with Gasteiger partial charge in [-0.3, -0.25) is 0 Å². The lowest BCUT2D eigenvalue weighted by molar-refractivity contribution is 0.814. The first-order chi connectivity index (χ1) is 4.83. The fourth-order valence-electron chi connectivity index (χ4n) is 0.791.